The Kier molecular flexibility index (Phi) is 4.99. The van der Waals surface area contributed by atoms with Crippen molar-refractivity contribution in [1.82, 2.24) is 19.7 Å². The maximum Gasteiger partial charge on any atom is 0.254 e. The third-order valence-corrected chi connectivity index (χ3v) is 4.91. The SMILES string of the molecule is COc1cccc(-c2cc(C(=O)N(C)Cc3ccccc3)c3cnn(C)c3n2)c1. The molecule has 0 aliphatic rings. The van der Waals surface area contributed by atoms with E-state index >= 15 is 0 Å². The number of carbonyl (C=O) groups excluding carboxylic acids is 1. The summed E-state index contributed by atoms with van der Waals surface area (Å²) in [6.45, 7) is 0.526. The van der Waals surface area contributed by atoms with Crippen LogP contribution in [0.4, 0.5) is 0 Å². The van der Waals surface area contributed by atoms with Crippen LogP contribution in [-0.4, -0.2) is 39.7 Å². The fraction of sp³-hybridized carbons (Fsp3) is 0.174. The number of rotatable bonds is 5. The molecule has 4 aromatic rings. The summed E-state index contributed by atoms with van der Waals surface area (Å²) in [4.78, 5) is 19.8. The predicted molar refractivity (Wildman–Crippen MR) is 113 cm³/mol. The highest BCUT2D eigenvalue weighted by Gasteiger charge is 2.20. The number of amides is 1. The van der Waals surface area contributed by atoms with E-state index in [4.69, 9.17) is 9.72 Å². The summed E-state index contributed by atoms with van der Waals surface area (Å²) >= 11 is 0. The molecule has 0 aliphatic heterocycles. The molecule has 0 atom stereocenters. The lowest BCUT2D eigenvalue weighted by Gasteiger charge is -2.18. The summed E-state index contributed by atoms with van der Waals surface area (Å²) in [5.74, 6) is 0.668. The standard InChI is InChI=1S/C23H22N4O2/c1-26(15-16-8-5-4-6-9-16)23(28)19-13-21(17-10-7-11-18(12-17)29-3)25-22-20(19)14-24-27(22)2/h4-14H,15H2,1-3H3. The molecular weight excluding hydrogens is 364 g/mol. The molecule has 0 aliphatic carbocycles. The summed E-state index contributed by atoms with van der Waals surface area (Å²) in [5, 5.41) is 5.05. The van der Waals surface area contributed by atoms with E-state index in [1.54, 1.807) is 22.9 Å². The van der Waals surface area contributed by atoms with Gasteiger partial charge in [0.1, 0.15) is 5.75 Å². The molecule has 6 nitrogen and oxygen atoms in total. The lowest BCUT2D eigenvalue weighted by molar-refractivity contribution is 0.0787. The van der Waals surface area contributed by atoms with E-state index in [0.29, 0.717) is 23.4 Å². The molecule has 146 valence electrons. The Hall–Kier alpha value is -3.67. The normalized spacial score (nSPS) is 10.9. The molecule has 0 bridgehead atoms. The molecule has 0 radical (unpaired) electrons. The Morgan fingerprint density at radius 1 is 1.10 bits per heavy atom. The number of fused-ring (bicyclic) bond motifs is 1. The Bertz CT molecular complexity index is 1170. The minimum Gasteiger partial charge on any atom is -0.497 e. The quantitative estimate of drug-likeness (QED) is 0.522. The van der Waals surface area contributed by atoms with Crippen LogP contribution in [0.3, 0.4) is 0 Å². The lowest BCUT2D eigenvalue weighted by atomic mass is 10.1. The number of hydrogen-bond acceptors (Lipinski definition) is 4. The summed E-state index contributed by atoms with van der Waals surface area (Å²) in [5.41, 5.74) is 3.91. The van der Waals surface area contributed by atoms with Crippen LogP contribution in [0.15, 0.2) is 66.9 Å². The molecule has 2 aromatic heterocycles. The Morgan fingerprint density at radius 2 is 1.90 bits per heavy atom. The minimum absolute atomic E-state index is 0.0709. The van der Waals surface area contributed by atoms with E-state index in [2.05, 4.69) is 5.10 Å². The first-order chi connectivity index (χ1) is 14.1. The second kappa shape index (κ2) is 7.75. The second-order valence-corrected chi connectivity index (χ2v) is 6.94. The first kappa shape index (κ1) is 18.7. The number of methoxy groups -OCH3 is 1. The maximum atomic E-state index is 13.3. The molecule has 6 heteroatoms. The number of pyridine rings is 1. The van der Waals surface area contributed by atoms with Gasteiger partial charge in [0.2, 0.25) is 0 Å². The largest absolute Gasteiger partial charge is 0.497 e. The van der Waals surface area contributed by atoms with Gasteiger partial charge in [-0.3, -0.25) is 9.48 Å². The fourth-order valence-electron chi connectivity index (χ4n) is 3.36. The van der Waals surface area contributed by atoms with Gasteiger partial charge in [-0.2, -0.15) is 5.10 Å². The van der Waals surface area contributed by atoms with Crippen LogP contribution >= 0.6 is 0 Å². The minimum atomic E-state index is -0.0709. The van der Waals surface area contributed by atoms with Crippen LogP contribution in [0.5, 0.6) is 5.75 Å². The zero-order valence-electron chi connectivity index (χ0n) is 16.7. The van der Waals surface area contributed by atoms with Gasteiger partial charge >= 0.3 is 0 Å². The topological polar surface area (TPSA) is 60.2 Å². The van der Waals surface area contributed by atoms with E-state index in [9.17, 15) is 4.79 Å². The fourth-order valence-corrected chi connectivity index (χ4v) is 3.36. The van der Waals surface area contributed by atoms with Gasteiger partial charge in [-0.15, -0.1) is 0 Å². The summed E-state index contributed by atoms with van der Waals surface area (Å²) in [6, 6.07) is 19.4. The number of aromatic nitrogens is 3. The number of benzene rings is 2. The summed E-state index contributed by atoms with van der Waals surface area (Å²) < 4.78 is 7.02. The molecule has 0 N–H and O–H groups in total. The van der Waals surface area contributed by atoms with Crippen LogP contribution in [0.2, 0.25) is 0 Å². The highest BCUT2D eigenvalue weighted by atomic mass is 16.5. The Morgan fingerprint density at radius 3 is 2.66 bits per heavy atom. The van der Waals surface area contributed by atoms with Crippen molar-refractivity contribution in [1.29, 1.82) is 0 Å². The van der Waals surface area contributed by atoms with E-state index in [0.717, 1.165) is 22.3 Å². The number of carbonyl (C=O) groups is 1. The van der Waals surface area contributed by atoms with Crippen LogP contribution in [-0.2, 0) is 13.6 Å². The number of aryl methyl sites for hydroxylation is 1. The van der Waals surface area contributed by atoms with Gasteiger partial charge in [-0.25, -0.2) is 4.98 Å². The van der Waals surface area contributed by atoms with Crippen molar-refractivity contribution in [2.45, 2.75) is 6.54 Å². The molecule has 1 amide bonds. The molecule has 4 rings (SSSR count). The van der Waals surface area contributed by atoms with Crippen molar-refractivity contribution in [3.05, 3.63) is 78.0 Å². The molecule has 0 spiro atoms. The average molecular weight is 386 g/mol. The third-order valence-electron chi connectivity index (χ3n) is 4.91. The first-order valence-corrected chi connectivity index (χ1v) is 9.33. The van der Waals surface area contributed by atoms with E-state index in [-0.39, 0.29) is 5.91 Å². The smallest absolute Gasteiger partial charge is 0.254 e. The zero-order valence-corrected chi connectivity index (χ0v) is 16.7. The molecule has 2 aromatic carbocycles. The monoisotopic (exact) mass is 386 g/mol. The summed E-state index contributed by atoms with van der Waals surface area (Å²) in [7, 11) is 5.26. The molecule has 29 heavy (non-hydrogen) atoms. The second-order valence-electron chi connectivity index (χ2n) is 6.94. The van der Waals surface area contributed by atoms with E-state index in [1.807, 2.05) is 74.8 Å². The van der Waals surface area contributed by atoms with E-state index < -0.39 is 0 Å². The van der Waals surface area contributed by atoms with Crippen molar-refractivity contribution in [2.24, 2.45) is 7.05 Å². The van der Waals surface area contributed by atoms with Crippen molar-refractivity contribution < 1.29 is 9.53 Å². The number of nitrogens with zero attached hydrogens (tertiary/aromatic N) is 4. The average Bonchev–Trinajstić information content (AvgIpc) is 3.14. The molecule has 0 saturated heterocycles. The van der Waals surface area contributed by atoms with Gasteiger partial charge < -0.3 is 9.64 Å². The van der Waals surface area contributed by atoms with Gasteiger partial charge in [0.05, 0.1) is 30.0 Å². The first-order valence-electron chi connectivity index (χ1n) is 9.33. The van der Waals surface area contributed by atoms with Crippen molar-refractivity contribution in [2.75, 3.05) is 14.2 Å². The molecule has 2 heterocycles. The molecule has 0 unspecified atom stereocenters. The van der Waals surface area contributed by atoms with Gasteiger partial charge in [0.25, 0.3) is 5.91 Å². The Labute approximate surface area is 169 Å². The summed E-state index contributed by atoms with van der Waals surface area (Å²) in [6.07, 6.45) is 1.70. The van der Waals surface area contributed by atoms with Crippen LogP contribution in [0.1, 0.15) is 15.9 Å². The number of hydrogen-bond donors (Lipinski definition) is 0. The van der Waals surface area contributed by atoms with Crippen molar-refractivity contribution >= 4 is 16.9 Å². The van der Waals surface area contributed by atoms with Gasteiger partial charge in [-0.05, 0) is 23.8 Å². The van der Waals surface area contributed by atoms with Gasteiger partial charge in [0, 0.05) is 26.2 Å². The van der Waals surface area contributed by atoms with Gasteiger partial charge in [-0.1, -0.05) is 42.5 Å². The van der Waals surface area contributed by atoms with Crippen LogP contribution in [0.25, 0.3) is 22.3 Å². The van der Waals surface area contributed by atoms with Crippen LogP contribution < -0.4 is 4.74 Å². The van der Waals surface area contributed by atoms with Crippen molar-refractivity contribution in [3.8, 4) is 17.0 Å². The third kappa shape index (κ3) is 3.69. The van der Waals surface area contributed by atoms with Crippen molar-refractivity contribution in [3.63, 3.8) is 0 Å². The van der Waals surface area contributed by atoms with Crippen LogP contribution in [0, 0.1) is 0 Å². The molecular formula is C23H22N4O2. The predicted octanol–water partition coefficient (Wildman–Crippen LogP) is 3.92. The maximum absolute atomic E-state index is 13.3. The lowest BCUT2D eigenvalue weighted by Crippen LogP contribution is -2.26. The van der Waals surface area contributed by atoms with Gasteiger partial charge in [0.15, 0.2) is 5.65 Å². The van der Waals surface area contributed by atoms with E-state index in [1.165, 1.54) is 0 Å². The highest BCUT2D eigenvalue weighted by Crippen LogP contribution is 2.27. The highest BCUT2D eigenvalue weighted by molar-refractivity contribution is 6.06. The number of ether oxygens (including phenoxy) is 1. The zero-order chi connectivity index (χ0) is 20.4. The molecule has 0 saturated carbocycles. The Balaban J connectivity index is 1.77. The molecule has 0 fully saturated rings.